The molecule has 5 nitrogen and oxygen atoms in total. The van der Waals surface area contributed by atoms with E-state index in [4.69, 9.17) is 0 Å². The van der Waals surface area contributed by atoms with Crippen LogP contribution >= 0.6 is 35.3 Å². The molecule has 1 aromatic heterocycles. The van der Waals surface area contributed by atoms with Crippen molar-refractivity contribution in [3.63, 3.8) is 0 Å². The van der Waals surface area contributed by atoms with Gasteiger partial charge in [0.15, 0.2) is 5.96 Å². The lowest BCUT2D eigenvalue weighted by molar-refractivity contribution is 0.0953. The van der Waals surface area contributed by atoms with E-state index < -0.39 is 0 Å². The molecule has 136 valence electrons. The van der Waals surface area contributed by atoms with Crippen molar-refractivity contribution >= 4 is 47.2 Å². The van der Waals surface area contributed by atoms with E-state index in [1.165, 1.54) is 5.56 Å². The van der Waals surface area contributed by atoms with Crippen LogP contribution in [0.2, 0.25) is 0 Å². The summed E-state index contributed by atoms with van der Waals surface area (Å²) in [6.45, 7) is 4.92. The lowest BCUT2D eigenvalue weighted by Crippen LogP contribution is -2.38. The van der Waals surface area contributed by atoms with E-state index in [1.54, 1.807) is 11.3 Å². The predicted octanol–water partition coefficient (Wildman–Crippen LogP) is 3.24. The molecule has 1 amide bonds. The number of hydrogen-bond donors (Lipinski definition) is 3. The van der Waals surface area contributed by atoms with E-state index in [1.807, 2.05) is 37.3 Å². The molecular weight excluding hydrogens is 447 g/mol. The van der Waals surface area contributed by atoms with E-state index >= 15 is 0 Å². The summed E-state index contributed by atoms with van der Waals surface area (Å²) in [4.78, 5) is 16.5. The number of rotatable bonds is 8. The molecular formula is C18H25IN4OS. The Morgan fingerprint density at radius 1 is 1.08 bits per heavy atom. The van der Waals surface area contributed by atoms with Gasteiger partial charge in [0.05, 0.1) is 6.54 Å². The van der Waals surface area contributed by atoms with Crippen molar-refractivity contribution in [1.82, 2.24) is 16.0 Å². The highest BCUT2D eigenvalue weighted by Gasteiger charge is 2.03. The van der Waals surface area contributed by atoms with Crippen LogP contribution in [0.5, 0.6) is 0 Å². The minimum atomic E-state index is -0.0337. The van der Waals surface area contributed by atoms with Crippen molar-refractivity contribution in [3.05, 3.63) is 58.3 Å². The van der Waals surface area contributed by atoms with Crippen LogP contribution in [0.4, 0.5) is 0 Å². The summed E-state index contributed by atoms with van der Waals surface area (Å²) in [5, 5.41) is 13.6. The van der Waals surface area contributed by atoms with Crippen LogP contribution < -0.4 is 16.0 Å². The smallest absolute Gasteiger partial charge is 0.251 e. The minimum absolute atomic E-state index is 0. The number of thiophene rings is 1. The summed E-state index contributed by atoms with van der Waals surface area (Å²) < 4.78 is 0. The van der Waals surface area contributed by atoms with E-state index in [0.29, 0.717) is 18.7 Å². The van der Waals surface area contributed by atoms with E-state index in [0.717, 1.165) is 25.5 Å². The zero-order chi connectivity index (χ0) is 17.0. The molecule has 0 unspecified atom stereocenters. The molecule has 1 aromatic carbocycles. The molecule has 3 N–H and O–H groups in total. The van der Waals surface area contributed by atoms with Crippen molar-refractivity contribution in [1.29, 1.82) is 0 Å². The maximum atomic E-state index is 11.9. The molecule has 0 aliphatic carbocycles. The first-order valence-corrected chi connectivity index (χ1v) is 9.10. The molecule has 0 aliphatic rings. The third-order valence-corrected chi connectivity index (χ3v) is 4.04. The van der Waals surface area contributed by atoms with Gasteiger partial charge in [0.25, 0.3) is 5.91 Å². The highest BCUT2D eigenvalue weighted by Crippen LogP contribution is 2.06. The standard InChI is InChI=1S/C18H24N4OS.HI/c1-2-19-18(22-13-15-9-12-24-14-15)21-11-6-10-20-17(23)16-7-4-3-5-8-16;/h3-5,7-9,12,14H,2,6,10-11,13H2,1H3,(H,20,23)(H2,19,21,22);1H. The molecule has 1 heterocycles. The first-order chi connectivity index (χ1) is 11.8. The minimum Gasteiger partial charge on any atom is -0.357 e. The third kappa shape index (κ3) is 8.35. The Bertz CT molecular complexity index is 632. The Morgan fingerprint density at radius 3 is 2.52 bits per heavy atom. The maximum Gasteiger partial charge on any atom is 0.251 e. The van der Waals surface area contributed by atoms with Crippen molar-refractivity contribution in [2.75, 3.05) is 19.6 Å². The number of amides is 1. The van der Waals surface area contributed by atoms with Gasteiger partial charge in [-0.15, -0.1) is 24.0 Å². The van der Waals surface area contributed by atoms with Crippen molar-refractivity contribution in [2.24, 2.45) is 4.99 Å². The number of nitrogens with one attached hydrogen (secondary N) is 3. The molecule has 0 aliphatic heterocycles. The van der Waals surface area contributed by atoms with Crippen molar-refractivity contribution in [2.45, 2.75) is 19.9 Å². The topological polar surface area (TPSA) is 65.5 Å². The molecule has 0 radical (unpaired) electrons. The second-order valence-electron chi connectivity index (χ2n) is 5.23. The number of aliphatic imine (C=N–C) groups is 1. The molecule has 0 saturated heterocycles. The van der Waals surface area contributed by atoms with Gasteiger partial charge in [0.2, 0.25) is 0 Å². The largest absolute Gasteiger partial charge is 0.357 e. The number of hydrogen-bond acceptors (Lipinski definition) is 3. The SMILES string of the molecule is CCNC(=NCc1ccsc1)NCCCNC(=O)c1ccccc1.I. The zero-order valence-electron chi connectivity index (χ0n) is 14.3. The zero-order valence-corrected chi connectivity index (χ0v) is 17.5. The van der Waals surface area contributed by atoms with Gasteiger partial charge in [-0.05, 0) is 47.9 Å². The van der Waals surface area contributed by atoms with E-state index in [-0.39, 0.29) is 29.9 Å². The van der Waals surface area contributed by atoms with Gasteiger partial charge in [-0.2, -0.15) is 11.3 Å². The predicted molar refractivity (Wildman–Crippen MR) is 116 cm³/mol. The Balaban J connectivity index is 0.00000312. The fourth-order valence-corrected chi connectivity index (χ4v) is 2.74. The van der Waals surface area contributed by atoms with Gasteiger partial charge in [0.1, 0.15) is 0 Å². The molecule has 0 atom stereocenters. The Hall–Kier alpha value is -1.61. The lowest BCUT2D eigenvalue weighted by Gasteiger charge is -2.11. The average molecular weight is 472 g/mol. The van der Waals surface area contributed by atoms with E-state index in [2.05, 4.69) is 37.8 Å². The number of guanidine groups is 1. The molecule has 2 aromatic rings. The van der Waals surface area contributed by atoms with Crippen LogP contribution in [0, 0.1) is 0 Å². The Labute approximate surface area is 170 Å². The number of carbonyl (C=O) groups is 1. The van der Waals surface area contributed by atoms with Gasteiger partial charge in [0, 0.05) is 25.2 Å². The van der Waals surface area contributed by atoms with Crippen LogP contribution in [0.25, 0.3) is 0 Å². The highest BCUT2D eigenvalue weighted by molar-refractivity contribution is 14.0. The van der Waals surface area contributed by atoms with Crippen molar-refractivity contribution in [3.8, 4) is 0 Å². The van der Waals surface area contributed by atoms with E-state index in [9.17, 15) is 4.79 Å². The molecule has 0 fully saturated rings. The lowest BCUT2D eigenvalue weighted by atomic mass is 10.2. The van der Waals surface area contributed by atoms with Gasteiger partial charge < -0.3 is 16.0 Å². The average Bonchev–Trinajstić information content (AvgIpc) is 3.13. The van der Waals surface area contributed by atoms with Crippen LogP contribution in [0.1, 0.15) is 29.3 Å². The van der Waals surface area contributed by atoms with Crippen LogP contribution in [-0.4, -0.2) is 31.5 Å². The summed E-state index contributed by atoms with van der Waals surface area (Å²) in [5.74, 6) is 0.770. The molecule has 0 spiro atoms. The molecule has 7 heteroatoms. The first kappa shape index (κ1) is 21.4. The molecule has 25 heavy (non-hydrogen) atoms. The maximum absolute atomic E-state index is 11.9. The third-order valence-electron chi connectivity index (χ3n) is 3.31. The second kappa shape index (κ2) is 12.7. The Kier molecular flexibility index (Phi) is 10.9. The van der Waals surface area contributed by atoms with Gasteiger partial charge >= 0.3 is 0 Å². The first-order valence-electron chi connectivity index (χ1n) is 8.16. The number of carbonyl (C=O) groups excluding carboxylic acids is 1. The van der Waals surface area contributed by atoms with Crippen LogP contribution in [0.3, 0.4) is 0 Å². The summed E-state index contributed by atoms with van der Waals surface area (Å²) in [6, 6.07) is 11.3. The number of halogens is 1. The quantitative estimate of drug-likeness (QED) is 0.239. The molecule has 0 saturated carbocycles. The van der Waals surface area contributed by atoms with Gasteiger partial charge in [-0.25, -0.2) is 4.99 Å². The highest BCUT2D eigenvalue weighted by atomic mass is 127. The number of nitrogens with zero attached hydrogens (tertiary/aromatic N) is 1. The summed E-state index contributed by atoms with van der Waals surface area (Å²) in [7, 11) is 0. The summed E-state index contributed by atoms with van der Waals surface area (Å²) in [6.07, 6.45) is 0.835. The van der Waals surface area contributed by atoms with Crippen LogP contribution in [-0.2, 0) is 6.54 Å². The molecule has 2 rings (SSSR count). The summed E-state index contributed by atoms with van der Waals surface area (Å²) >= 11 is 1.68. The van der Waals surface area contributed by atoms with Crippen molar-refractivity contribution < 1.29 is 4.79 Å². The monoisotopic (exact) mass is 472 g/mol. The normalized spacial score (nSPS) is 10.7. The molecule has 0 bridgehead atoms. The summed E-state index contributed by atoms with van der Waals surface area (Å²) in [5.41, 5.74) is 1.91. The van der Waals surface area contributed by atoms with Crippen LogP contribution in [0.15, 0.2) is 52.2 Å². The second-order valence-corrected chi connectivity index (χ2v) is 6.01. The fourth-order valence-electron chi connectivity index (χ4n) is 2.08. The Morgan fingerprint density at radius 2 is 1.84 bits per heavy atom. The van der Waals surface area contributed by atoms with Gasteiger partial charge in [-0.3, -0.25) is 4.79 Å². The fraction of sp³-hybridized carbons (Fsp3) is 0.333. The van der Waals surface area contributed by atoms with Gasteiger partial charge in [-0.1, -0.05) is 18.2 Å². The number of benzene rings is 1.